The summed E-state index contributed by atoms with van der Waals surface area (Å²) in [6, 6.07) is 25.0. The number of rotatable bonds is 9. The molecule has 0 saturated carbocycles. The van der Waals surface area contributed by atoms with Gasteiger partial charge in [-0.15, -0.1) is 0 Å². The van der Waals surface area contributed by atoms with E-state index < -0.39 is 6.10 Å². The van der Waals surface area contributed by atoms with Crippen molar-refractivity contribution in [3.8, 4) is 11.5 Å². The Bertz CT molecular complexity index is 1090. The number of nitrogens with one attached hydrogen (secondary N) is 1. The van der Waals surface area contributed by atoms with E-state index in [1.54, 1.807) is 17.9 Å². The Hall–Kier alpha value is -3.80. The first-order valence-electron chi connectivity index (χ1n) is 11.2. The highest BCUT2D eigenvalue weighted by atomic mass is 16.5. The minimum atomic E-state index is -0.543. The summed E-state index contributed by atoms with van der Waals surface area (Å²) >= 11 is 0. The Morgan fingerprint density at radius 2 is 1.76 bits per heavy atom. The number of benzene rings is 3. The van der Waals surface area contributed by atoms with E-state index in [0.29, 0.717) is 43.1 Å². The van der Waals surface area contributed by atoms with Gasteiger partial charge in [-0.2, -0.15) is 0 Å². The van der Waals surface area contributed by atoms with Crippen LogP contribution in [0.3, 0.4) is 0 Å². The zero-order valence-electron chi connectivity index (χ0n) is 18.7. The molecule has 2 amide bonds. The number of nitrogens with zero attached hydrogens (tertiary/aromatic N) is 1. The summed E-state index contributed by atoms with van der Waals surface area (Å²) in [5, 5.41) is 2.92. The molecule has 4 rings (SSSR count). The van der Waals surface area contributed by atoms with Gasteiger partial charge in [0.1, 0.15) is 11.5 Å². The van der Waals surface area contributed by atoms with Crippen LogP contribution < -0.4 is 19.7 Å². The summed E-state index contributed by atoms with van der Waals surface area (Å²) in [6.45, 7) is 2.76. The van der Waals surface area contributed by atoms with E-state index in [1.807, 2.05) is 72.8 Å². The maximum atomic E-state index is 12.8. The first-order valence-corrected chi connectivity index (χ1v) is 11.2. The molecule has 3 aromatic rings. The van der Waals surface area contributed by atoms with Gasteiger partial charge >= 0.3 is 0 Å². The van der Waals surface area contributed by atoms with Crippen LogP contribution in [0.25, 0.3) is 0 Å². The molecule has 0 spiro atoms. The molecular weight excluding hydrogens is 416 g/mol. The lowest BCUT2D eigenvalue weighted by Gasteiger charge is -2.33. The van der Waals surface area contributed by atoms with Gasteiger partial charge in [-0.25, -0.2) is 0 Å². The summed E-state index contributed by atoms with van der Waals surface area (Å²) in [7, 11) is 0. The molecule has 1 N–H and O–H groups in total. The van der Waals surface area contributed by atoms with Crippen molar-refractivity contribution < 1.29 is 19.1 Å². The zero-order valence-corrected chi connectivity index (χ0v) is 18.7. The summed E-state index contributed by atoms with van der Waals surface area (Å²) < 4.78 is 11.4. The van der Waals surface area contributed by atoms with Crippen molar-refractivity contribution in [1.29, 1.82) is 0 Å². The van der Waals surface area contributed by atoms with E-state index in [1.165, 1.54) is 0 Å². The van der Waals surface area contributed by atoms with E-state index in [9.17, 15) is 9.59 Å². The van der Waals surface area contributed by atoms with Crippen molar-refractivity contribution in [3.05, 3.63) is 84.4 Å². The second kappa shape index (κ2) is 10.7. The molecule has 0 aliphatic carbocycles. The normalized spacial score (nSPS) is 14.9. The monoisotopic (exact) mass is 444 g/mol. The van der Waals surface area contributed by atoms with Crippen molar-refractivity contribution in [1.82, 2.24) is 0 Å². The molecule has 1 atom stereocenters. The average Bonchev–Trinajstić information content (AvgIpc) is 2.84. The fraction of sp³-hybridized carbons (Fsp3) is 0.259. The first kappa shape index (κ1) is 22.4. The molecule has 0 radical (unpaired) electrons. The molecule has 170 valence electrons. The quantitative estimate of drug-likeness (QED) is 0.480. The van der Waals surface area contributed by atoms with Crippen LogP contribution in [-0.4, -0.2) is 31.1 Å². The Balaban J connectivity index is 1.36. The highest BCUT2D eigenvalue weighted by Crippen LogP contribution is 2.36. The molecule has 1 aliphatic heterocycles. The Morgan fingerprint density at radius 3 is 2.52 bits per heavy atom. The van der Waals surface area contributed by atoms with E-state index >= 15 is 0 Å². The second-order valence-electron chi connectivity index (χ2n) is 7.98. The molecule has 1 aliphatic rings. The molecule has 6 heteroatoms. The maximum Gasteiger partial charge on any atom is 0.267 e. The van der Waals surface area contributed by atoms with Gasteiger partial charge in [0.05, 0.1) is 12.3 Å². The third-order valence-corrected chi connectivity index (χ3v) is 5.48. The van der Waals surface area contributed by atoms with Crippen molar-refractivity contribution in [3.63, 3.8) is 0 Å². The van der Waals surface area contributed by atoms with Crippen LogP contribution >= 0.6 is 0 Å². The second-order valence-corrected chi connectivity index (χ2v) is 7.98. The molecule has 1 unspecified atom stereocenters. The minimum Gasteiger partial charge on any atom is -0.494 e. The molecule has 0 saturated heterocycles. The van der Waals surface area contributed by atoms with Crippen molar-refractivity contribution in [2.75, 3.05) is 23.4 Å². The summed E-state index contributed by atoms with van der Waals surface area (Å²) in [6.07, 6.45) is 1.14. The smallest absolute Gasteiger partial charge is 0.267 e. The molecular formula is C27H28N2O4. The number of para-hydroxylation sites is 1. The van der Waals surface area contributed by atoms with Crippen LogP contribution in [-0.2, 0) is 16.0 Å². The zero-order chi connectivity index (χ0) is 23.0. The summed E-state index contributed by atoms with van der Waals surface area (Å²) in [4.78, 5) is 27.0. The third kappa shape index (κ3) is 5.92. The number of hydrogen-bond donors (Lipinski definition) is 1. The number of hydrogen-bond acceptors (Lipinski definition) is 4. The maximum absolute atomic E-state index is 12.8. The SMILES string of the molecule is CC1Oc2ccc(NC(=O)CCCOc3ccccc3)cc2N(CCc2ccccc2)C1=O. The Morgan fingerprint density at radius 1 is 1.03 bits per heavy atom. The largest absolute Gasteiger partial charge is 0.494 e. The van der Waals surface area contributed by atoms with Crippen molar-refractivity contribution in [2.24, 2.45) is 0 Å². The predicted molar refractivity (Wildman–Crippen MR) is 129 cm³/mol. The lowest BCUT2D eigenvalue weighted by atomic mass is 10.1. The fourth-order valence-corrected chi connectivity index (χ4v) is 3.76. The lowest BCUT2D eigenvalue weighted by molar-refractivity contribution is -0.125. The van der Waals surface area contributed by atoms with E-state index in [2.05, 4.69) is 5.32 Å². The van der Waals surface area contributed by atoms with E-state index in [0.717, 1.165) is 17.7 Å². The van der Waals surface area contributed by atoms with Gasteiger partial charge < -0.3 is 19.7 Å². The van der Waals surface area contributed by atoms with E-state index in [-0.39, 0.29) is 11.8 Å². The summed E-state index contributed by atoms with van der Waals surface area (Å²) in [5.41, 5.74) is 2.48. The molecule has 0 fully saturated rings. The Kier molecular flexibility index (Phi) is 7.25. The van der Waals surface area contributed by atoms with Gasteiger partial charge in [0, 0.05) is 18.7 Å². The van der Waals surface area contributed by atoms with Crippen LogP contribution in [0.5, 0.6) is 11.5 Å². The number of fused-ring (bicyclic) bond motifs is 1. The first-order chi connectivity index (χ1) is 16.1. The molecule has 0 bridgehead atoms. The molecule has 6 nitrogen and oxygen atoms in total. The minimum absolute atomic E-state index is 0.0834. The molecule has 1 heterocycles. The Labute approximate surface area is 194 Å². The topological polar surface area (TPSA) is 67.9 Å². The summed E-state index contributed by atoms with van der Waals surface area (Å²) in [5.74, 6) is 1.25. The van der Waals surface area contributed by atoms with Crippen molar-refractivity contribution in [2.45, 2.75) is 32.3 Å². The lowest BCUT2D eigenvalue weighted by Crippen LogP contribution is -2.45. The van der Waals surface area contributed by atoms with Crippen molar-refractivity contribution >= 4 is 23.2 Å². The number of ether oxygens (including phenoxy) is 2. The number of anilines is 2. The number of carbonyl (C=O) groups is 2. The average molecular weight is 445 g/mol. The number of carbonyl (C=O) groups excluding carboxylic acids is 2. The van der Waals surface area contributed by atoms with E-state index in [4.69, 9.17) is 9.47 Å². The molecule has 0 aromatic heterocycles. The van der Waals surface area contributed by atoms with Crippen LogP contribution in [0.1, 0.15) is 25.3 Å². The van der Waals surface area contributed by atoms with Crippen LogP contribution in [0, 0.1) is 0 Å². The molecule has 3 aromatic carbocycles. The van der Waals surface area contributed by atoms with Gasteiger partial charge in [-0.1, -0.05) is 48.5 Å². The highest BCUT2D eigenvalue weighted by molar-refractivity contribution is 6.01. The highest BCUT2D eigenvalue weighted by Gasteiger charge is 2.31. The van der Waals surface area contributed by atoms with Crippen LogP contribution in [0.15, 0.2) is 78.9 Å². The standard InChI is InChI=1S/C27H28N2O4/c1-20-27(31)29(17-16-21-9-4-2-5-10-21)24-19-22(14-15-25(24)33-20)28-26(30)13-8-18-32-23-11-6-3-7-12-23/h2-7,9-12,14-15,19-20H,8,13,16-18H2,1H3,(H,28,30). The molecule has 33 heavy (non-hydrogen) atoms. The number of amides is 2. The van der Waals surface area contributed by atoms with Gasteiger partial charge in [0.15, 0.2) is 6.10 Å². The predicted octanol–water partition coefficient (Wildman–Crippen LogP) is 4.84. The fourth-order valence-electron chi connectivity index (χ4n) is 3.76. The van der Waals surface area contributed by atoms with Gasteiger partial charge in [0.25, 0.3) is 5.91 Å². The van der Waals surface area contributed by atoms with Gasteiger partial charge in [-0.05, 0) is 55.7 Å². The van der Waals surface area contributed by atoms with Gasteiger partial charge in [-0.3, -0.25) is 9.59 Å². The van der Waals surface area contributed by atoms with Crippen LogP contribution in [0.4, 0.5) is 11.4 Å². The third-order valence-electron chi connectivity index (χ3n) is 5.48. The van der Waals surface area contributed by atoms with Crippen LogP contribution in [0.2, 0.25) is 0 Å². The van der Waals surface area contributed by atoms with Gasteiger partial charge in [0.2, 0.25) is 5.91 Å².